The van der Waals surface area contributed by atoms with E-state index in [1.165, 1.54) is 12.8 Å². The van der Waals surface area contributed by atoms with Crippen LogP contribution in [0.5, 0.6) is 0 Å². The summed E-state index contributed by atoms with van der Waals surface area (Å²) in [5.74, 6) is 0. The number of rotatable bonds is 0. The molecule has 1 fully saturated rings. The third kappa shape index (κ3) is 1.64. The Labute approximate surface area is 55.4 Å². The van der Waals surface area contributed by atoms with E-state index >= 15 is 0 Å². The lowest BCUT2D eigenvalue weighted by Crippen LogP contribution is -2.37. The van der Waals surface area contributed by atoms with Crippen molar-refractivity contribution in [2.75, 3.05) is 6.54 Å². The van der Waals surface area contributed by atoms with Crippen LogP contribution in [-0.2, 0) is 0 Å². The number of halogens is 1. The maximum atomic E-state index is 5.82. The van der Waals surface area contributed by atoms with E-state index < -0.39 is 0 Å². The minimum absolute atomic E-state index is 0.381. The summed E-state index contributed by atoms with van der Waals surface area (Å²) in [5, 5.41) is 3.68. The average molecular weight is 134 g/mol. The van der Waals surface area contributed by atoms with E-state index in [-0.39, 0.29) is 0 Å². The molecule has 1 heterocycles. The molecule has 0 amide bonds. The summed E-state index contributed by atoms with van der Waals surface area (Å²) in [6, 6.07) is 0.685. The van der Waals surface area contributed by atoms with Gasteiger partial charge in [-0.3, -0.25) is 0 Å². The Morgan fingerprint density at radius 3 is 2.62 bits per heavy atom. The maximum absolute atomic E-state index is 5.82. The minimum atomic E-state index is 0.381. The van der Waals surface area contributed by atoms with Crippen LogP contribution in [0.3, 0.4) is 0 Å². The molecule has 1 nitrogen and oxygen atoms in total. The quantitative estimate of drug-likeness (QED) is 0.493. The lowest BCUT2D eigenvalue weighted by Gasteiger charge is -2.22. The molecule has 1 rings (SSSR count). The van der Waals surface area contributed by atoms with Crippen molar-refractivity contribution in [2.24, 2.45) is 0 Å². The molecule has 2 unspecified atom stereocenters. The van der Waals surface area contributed by atoms with Crippen molar-refractivity contribution in [3.05, 3.63) is 0 Å². The highest BCUT2D eigenvalue weighted by Crippen LogP contribution is 2.11. The van der Waals surface area contributed by atoms with Gasteiger partial charge in [-0.1, -0.05) is 0 Å². The molecule has 1 aliphatic heterocycles. The standard InChI is InChI=1S/C6H12ClN/c1-5-2-3-6(7)4-8-5/h5-6,8H,2-4H2,1H3. The van der Waals surface area contributed by atoms with Crippen molar-refractivity contribution in [1.82, 2.24) is 5.32 Å². The van der Waals surface area contributed by atoms with Crippen molar-refractivity contribution in [3.63, 3.8) is 0 Å². The molecular formula is C6H12ClN. The maximum Gasteiger partial charge on any atom is 0.0461 e. The molecule has 0 bridgehead atoms. The first kappa shape index (κ1) is 6.37. The molecule has 0 spiro atoms. The molecule has 0 aromatic heterocycles. The van der Waals surface area contributed by atoms with Crippen LogP contribution in [0.25, 0.3) is 0 Å². The van der Waals surface area contributed by atoms with Crippen LogP contribution >= 0.6 is 11.6 Å². The van der Waals surface area contributed by atoms with Gasteiger partial charge in [0.05, 0.1) is 0 Å². The van der Waals surface area contributed by atoms with E-state index in [1.54, 1.807) is 0 Å². The third-order valence-corrected chi connectivity index (χ3v) is 1.97. The van der Waals surface area contributed by atoms with Crippen molar-refractivity contribution in [1.29, 1.82) is 0 Å². The molecule has 1 saturated heterocycles. The average Bonchev–Trinajstić information content (AvgIpc) is 1.77. The molecular weight excluding hydrogens is 122 g/mol. The summed E-state index contributed by atoms with van der Waals surface area (Å²) in [6.07, 6.45) is 2.41. The summed E-state index contributed by atoms with van der Waals surface area (Å²) >= 11 is 5.82. The zero-order valence-corrected chi connectivity index (χ0v) is 5.91. The van der Waals surface area contributed by atoms with Crippen LogP contribution in [0.4, 0.5) is 0 Å². The van der Waals surface area contributed by atoms with E-state index in [0.717, 1.165) is 6.54 Å². The second-order valence-corrected chi connectivity index (χ2v) is 3.10. The summed E-state index contributed by atoms with van der Waals surface area (Å²) in [4.78, 5) is 0. The Bertz CT molecular complexity index is 56.9. The second-order valence-electron chi connectivity index (χ2n) is 2.48. The first-order chi connectivity index (χ1) is 3.79. The normalized spacial score (nSPS) is 39.8. The zero-order chi connectivity index (χ0) is 5.98. The van der Waals surface area contributed by atoms with Crippen LogP contribution in [-0.4, -0.2) is 18.0 Å². The van der Waals surface area contributed by atoms with E-state index in [2.05, 4.69) is 12.2 Å². The summed E-state index contributed by atoms with van der Waals surface area (Å²) in [6.45, 7) is 3.19. The Morgan fingerprint density at radius 1 is 1.50 bits per heavy atom. The van der Waals surface area contributed by atoms with Crippen molar-refractivity contribution in [2.45, 2.75) is 31.2 Å². The largest absolute Gasteiger partial charge is 0.313 e. The van der Waals surface area contributed by atoms with Gasteiger partial charge in [-0.05, 0) is 19.8 Å². The molecule has 0 aromatic rings. The molecule has 48 valence electrons. The van der Waals surface area contributed by atoms with Gasteiger partial charge in [0.25, 0.3) is 0 Å². The van der Waals surface area contributed by atoms with Gasteiger partial charge >= 0.3 is 0 Å². The molecule has 2 atom stereocenters. The second kappa shape index (κ2) is 2.70. The Hall–Kier alpha value is 0.250. The van der Waals surface area contributed by atoms with Gasteiger partial charge in [-0.2, -0.15) is 0 Å². The predicted molar refractivity (Wildman–Crippen MR) is 36.3 cm³/mol. The number of alkyl halides is 1. The lowest BCUT2D eigenvalue weighted by molar-refractivity contribution is 0.430. The third-order valence-electron chi connectivity index (χ3n) is 1.60. The number of hydrogen-bond acceptors (Lipinski definition) is 1. The number of hydrogen-bond donors (Lipinski definition) is 1. The molecule has 8 heavy (non-hydrogen) atoms. The number of nitrogens with one attached hydrogen (secondary N) is 1. The van der Waals surface area contributed by atoms with Crippen molar-refractivity contribution >= 4 is 11.6 Å². The Morgan fingerprint density at radius 2 is 2.25 bits per heavy atom. The fourth-order valence-electron chi connectivity index (χ4n) is 0.964. The first-order valence-corrected chi connectivity index (χ1v) is 3.60. The molecule has 0 radical (unpaired) electrons. The topological polar surface area (TPSA) is 12.0 Å². The van der Waals surface area contributed by atoms with Crippen LogP contribution in [0.15, 0.2) is 0 Å². The first-order valence-electron chi connectivity index (χ1n) is 3.16. The zero-order valence-electron chi connectivity index (χ0n) is 5.15. The molecule has 0 saturated carbocycles. The van der Waals surface area contributed by atoms with Crippen LogP contribution < -0.4 is 5.32 Å². The Balaban J connectivity index is 2.19. The van der Waals surface area contributed by atoms with Gasteiger partial charge in [0.2, 0.25) is 0 Å². The van der Waals surface area contributed by atoms with Gasteiger partial charge < -0.3 is 5.32 Å². The van der Waals surface area contributed by atoms with Crippen LogP contribution in [0, 0.1) is 0 Å². The van der Waals surface area contributed by atoms with Crippen molar-refractivity contribution < 1.29 is 0 Å². The molecule has 0 aliphatic carbocycles. The van der Waals surface area contributed by atoms with Gasteiger partial charge in [0.1, 0.15) is 0 Å². The molecule has 0 aromatic carbocycles. The van der Waals surface area contributed by atoms with Gasteiger partial charge in [0.15, 0.2) is 0 Å². The SMILES string of the molecule is CC1CCC(Cl)CN1. The molecule has 1 N–H and O–H groups in total. The summed E-state index contributed by atoms with van der Waals surface area (Å²) in [5.41, 5.74) is 0. The fraction of sp³-hybridized carbons (Fsp3) is 1.00. The minimum Gasteiger partial charge on any atom is -0.313 e. The highest BCUT2D eigenvalue weighted by atomic mass is 35.5. The van der Waals surface area contributed by atoms with Gasteiger partial charge in [-0.25, -0.2) is 0 Å². The van der Waals surface area contributed by atoms with Crippen LogP contribution in [0.2, 0.25) is 0 Å². The highest BCUT2D eigenvalue weighted by Gasteiger charge is 2.13. The predicted octanol–water partition coefficient (Wildman–Crippen LogP) is 1.37. The van der Waals surface area contributed by atoms with Crippen LogP contribution in [0.1, 0.15) is 19.8 Å². The lowest BCUT2D eigenvalue weighted by atomic mass is 10.1. The monoisotopic (exact) mass is 133 g/mol. The smallest absolute Gasteiger partial charge is 0.0461 e. The van der Waals surface area contributed by atoms with E-state index in [0.29, 0.717) is 11.4 Å². The van der Waals surface area contributed by atoms with Gasteiger partial charge in [-0.15, -0.1) is 11.6 Å². The van der Waals surface area contributed by atoms with E-state index in [9.17, 15) is 0 Å². The molecule has 2 heteroatoms. The van der Waals surface area contributed by atoms with Gasteiger partial charge in [0, 0.05) is 18.0 Å². The number of piperidine rings is 1. The highest BCUT2D eigenvalue weighted by molar-refractivity contribution is 6.20. The molecule has 1 aliphatic rings. The summed E-state index contributed by atoms with van der Waals surface area (Å²) in [7, 11) is 0. The van der Waals surface area contributed by atoms with E-state index in [4.69, 9.17) is 11.6 Å². The summed E-state index contributed by atoms with van der Waals surface area (Å²) < 4.78 is 0. The van der Waals surface area contributed by atoms with Crippen molar-refractivity contribution in [3.8, 4) is 0 Å². The fourth-order valence-corrected chi connectivity index (χ4v) is 1.18. The Kier molecular flexibility index (Phi) is 2.15. The van der Waals surface area contributed by atoms with E-state index in [1.807, 2.05) is 0 Å².